The van der Waals surface area contributed by atoms with Crippen molar-refractivity contribution in [3.63, 3.8) is 0 Å². The van der Waals surface area contributed by atoms with Crippen molar-refractivity contribution in [3.05, 3.63) is 16.6 Å². The lowest BCUT2D eigenvalue weighted by atomic mass is 9.48. The largest absolute Gasteiger partial charge is 0.377 e. The van der Waals surface area contributed by atoms with Gasteiger partial charge in [0, 0.05) is 29.5 Å². The smallest absolute Gasteiger partial charge is 0.241 e. The van der Waals surface area contributed by atoms with E-state index in [0.29, 0.717) is 6.61 Å². The van der Waals surface area contributed by atoms with E-state index in [1.165, 1.54) is 0 Å². The van der Waals surface area contributed by atoms with Crippen LogP contribution < -0.4 is 11.1 Å². The first-order valence-electron chi connectivity index (χ1n) is 7.53. The molecular formula is C15H23N3O2S. The van der Waals surface area contributed by atoms with Crippen molar-refractivity contribution in [2.45, 2.75) is 51.3 Å². The van der Waals surface area contributed by atoms with E-state index in [4.69, 9.17) is 10.5 Å². The van der Waals surface area contributed by atoms with Gasteiger partial charge < -0.3 is 15.8 Å². The summed E-state index contributed by atoms with van der Waals surface area (Å²) in [6.07, 6.45) is 3.54. The van der Waals surface area contributed by atoms with E-state index in [0.717, 1.165) is 17.8 Å². The van der Waals surface area contributed by atoms with E-state index in [2.05, 4.69) is 10.3 Å². The van der Waals surface area contributed by atoms with Crippen LogP contribution in [0.5, 0.6) is 0 Å². The number of rotatable bonds is 4. The molecular weight excluding hydrogens is 286 g/mol. The third kappa shape index (κ3) is 1.96. The second-order valence-corrected chi connectivity index (χ2v) is 7.51. The normalized spacial score (nSPS) is 34.9. The monoisotopic (exact) mass is 309 g/mol. The molecule has 116 valence electrons. The van der Waals surface area contributed by atoms with Gasteiger partial charge in [0.2, 0.25) is 5.91 Å². The van der Waals surface area contributed by atoms with Crippen LogP contribution in [0.3, 0.4) is 0 Å². The lowest BCUT2D eigenvalue weighted by Gasteiger charge is -2.60. The number of thiazole rings is 1. The highest BCUT2D eigenvalue weighted by molar-refractivity contribution is 7.09. The average Bonchev–Trinajstić information content (AvgIpc) is 3.13. The third-order valence-corrected chi connectivity index (χ3v) is 6.18. The number of nitrogens with two attached hydrogens (primary N) is 1. The standard InChI is InChI=1S/C15H23N3O2S/c1-4-10(12-17-6-8-21-12)18-13(19)15(16)9-5-7-20-11(9)14(15,2)3/h6,8-11H,4-5,7,16H2,1-3H3,(H,18,19). The number of nitrogens with one attached hydrogen (secondary N) is 1. The second kappa shape index (κ2) is 5.04. The number of fused-ring (bicyclic) bond motifs is 1. The van der Waals surface area contributed by atoms with Crippen LogP contribution in [0.15, 0.2) is 11.6 Å². The fraction of sp³-hybridized carbons (Fsp3) is 0.733. The maximum atomic E-state index is 12.9. The number of aromatic nitrogens is 1. The Hall–Kier alpha value is -0.980. The molecule has 4 atom stereocenters. The first-order valence-corrected chi connectivity index (χ1v) is 8.41. The number of hydrogen-bond acceptors (Lipinski definition) is 5. The molecule has 1 aromatic rings. The minimum atomic E-state index is -0.848. The molecule has 1 aromatic heterocycles. The summed E-state index contributed by atoms with van der Waals surface area (Å²) >= 11 is 1.56. The maximum absolute atomic E-state index is 12.9. The van der Waals surface area contributed by atoms with Gasteiger partial charge in [-0.15, -0.1) is 11.3 Å². The maximum Gasteiger partial charge on any atom is 0.241 e. The van der Waals surface area contributed by atoms with Gasteiger partial charge in [-0.05, 0) is 12.8 Å². The molecule has 1 saturated carbocycles. The Kier molecular flexibility index (Phi) is 3.58. The highest BCUT2D eigenvalue weighted by atomic mass is 32.1. The minimum absolute atomic E-state index is 0.0601. The van der Waals surface area contributed by atoms with Crippen molar-refractivity contribution in [2.75, 3.05) is 6.61 Å². The molecule has 1 aliphatic carbocycles. The van der Waals surface area contributed by atoms with Crippen LogP contribution >= 0.6 is 11.3 Å². The summed E-state index contributed by atoms with van der Waals surface area (Å²) in [5, 5.41) is 5.97. The molecule has 6 heteroatoms. The second-order valence-electron chi connectivity index (χ2n) is 6.58. The van der Waals surface area contributed by atoms with Gasteiger partial charge in [-0.3, -0.25) is 4.79 Å². The van der Waals surface area contributed by atoms with Crippen LogP contribution in [-0.2, 0) is 9.53 Å². The van der Waals surface area contributed by atoms with Crippen molar-refractivity contribution in [3.8, 4) is 0 Å². The van der Waals surface area contributed by atoms with Crippen LogP contribution in [0.4, 0.5) is 0 Å². The van der Waals surface area contributed by atoms with Gasteiger partial charge >= 0.3 is 0 Å². The zero-order chi connectivity index (χ0) is 15.3. The summed E-state index contributed by atoms with van der Waals surface area (Å²) < 4.78 is 5.75. The van der Waals surface area contributed by atoms with Gasteiger partial charge in [-0.25, -0.2) is 4.98 Å². The highest BCUT2D eigenvalue weighted by Crippen LogP contribution is 2.58. The Labute approximate surface area is 129 Å². The minimum Gasteiger partial charge on any atom is -0.377 e. The molecule has 3 N–H and O–H groups in total. The number of carbonyl (C=O) groups excluding carboxylic acids is 1. The molecule has 1 saturated heterocycles. The molecule has 21 heavy (non-hydrogen) atoms. The molecule has 2 heterocycles. The zero-order valence-electron chi connectivity index (χ0n) is 12.8. The predicted octanol–water partition coefficient (Wildman–Crippen LogP) is 1.85. The van der Waals surface area contributed by atoms with Gasteiger partial charge in [-0.1, -0.05) is 20.8 Å². The quantitative estimate of drug-likeness (QED) is 0.890. The molecule has 3 rings (SSSR count). The van der Waals surface area contributed by atoms with Gasteiger partial charge in [-0.2, -0.15) is 0 Å². The molecule has 0 spiro atoms. The number of nitrogens with zero attached hydrogens (tertiary/aromatic N) is 1. The molecule has 2 fully saturated rings. The molecule has 1 aliphatic heterocycles. The van der Waals surface area contributed by atoms with Gasteiger partial charge in [0.15, 0.2) is 0 Å². The zero-order valence-corrected chi connectivity index (χ0v) is 13.6. The van der Waals surface area contributed by atoms with Crippen LogP contribution in [0.25, 0.3) is 0 Å². The highest BCUT2D eigenvalue weighted by Gasteiger charge is 2.71. The van der Waals surface area contributed by atoms with Gasteiger partial charge in [0.25, 0.3) is 0 Å². The number of amides is 1. The van der Waals surface area contributed by atoms with Crippen molar-refractivity contribution >= 4 is 17.2 Å². The van der Waals surface area contributed by atoms with E-state index in [1.54, 1.807) is 17.5 Å². The molecule has 0 bridgehead atoms. The predicted molar refractivity (Wildman–Crippen MR) is 81.8 cm³/mol. The summed E-state index contributed by atoms with van der Waals surface area (Å²) in [6.45, 7) is 6.81. The molecule has 0 aromatic carbocycles. The average molecular weight is 309 g/mol. The Bertz CT molecular complexity index is 531. The summed E-state index contributed by atoms with van der Waals surface area (Å²) in [7, 11) is 0. The molecule has 5 nitrogen and oxygen atoms in total. The van der Waals surface area contributed by atoms with Crippen molar-refractivity contribution < 1.29 is 9.53 Å². The summed E-state index contributed by atoms with van der Waals surface area (Å²) in [5.41, 5.74) is 5.37. The van der Waals surface area contributed by atoms with Crippen LogP contribution in [0.1, 0.15) is 44.7 Å². The van der Waals surface area contributed by atoms with Crippen molar-refractivity contribution in [1.29, 1.82) is 0 Å². The third-order valence-electron chi connectivity index (χ3n) is 5.29. The summed E-state index contributed by atoms with van der Waals surface area (Å²) in [6, 6.07) is -0.0601. The first-order chi connectivity index (χ1) is 9.92. The van der Waals surface area contributed by atoms with E-state index in [1.807, 2.05) is 26.2 Å². The number of carbonyl (C=O) groups is 1. The SMILES string of the molecule is CCC(NC(=O)C1(N)C2CCOC2C1(C)C)c1nccs1. The Morgan fingerprint density at radius 1 is 1.67 bits per heavy atom. The van der Waals surface area contributed by atoms with Crippen molar-refractivity contribution in [1.82, 2.24) is 10.3 Å². The lowest BCUT2D eigenvalue weighted by Crippen LogP contribution is -2.80. The fourth-order valence-electron chi connectivity index (χ4n) is 3.87. The van der Waals surface area contributed by atoms with E-state index in [9.17, 15) is 4.79 Å². The molecule has 0 radical (unpaired) electrons. The van der Waals surface area contributed by atoms with Crippen LogP contribution in [-0.4, -0.2) is 29.1 Å². The molecule has 1 amide bonds. The van der Waals surface area contributed by atoms with Crippen molar-refractivity contribution in [2.24, 2.45) is 17.1 Å². The topological polar surface area (TPSA) is 77.2 Å². The van der Waals surface area contributed by atoms with Crippen LogP contribution in [0, 0.1) is 11.3 Å². The fourth-order valence-corrected chi connectivity index (χ4v) is 4.64. The lowest BCUT2D eigenvalue weighted by molar-refractivity contribution is -0.176. The Morgan fingerprint density at radius 2 is 2.43 bits per heavy atom. The number of ether oxygens (including phenoxy) is 1. The first kappa shape index (κ1) is 14.9. The Balaban J connectivity index is 1.78. The molecule has 2 aliphatic rings. The van der Waals surface area contributed by atoms with E-state index in [-0.39, 0.29) is 29.4 Å². The van der Waals surface area contributed by atoms with Crippen LogP contribution in [0.2, 0.25) is 0 Å². The van der Waals surface area contributed by atoms with Gasteiger partial charge in [0.05, 0.1) is 12.1 Å². The Morgan fingerprint density at radius 3 is 3.05 bits per heavy atom. The summed E-state index contributed by atoms with van der Waals surface area (Å²) in [5.74, 6) is 0.0580. The number of hydrogen-bond donors (Lipinski definition) is 2. The van der Waals surface area contributed by atoms with Gasteiger partial charge in [0.1, 0.15) is 10.5 Å². The summed E-state index contributed by atoms with van der Waals surface area (Å²) in [4.78, 5) is 17.2. The van der Waals surface area contributed by atoms with E-state index >= 15 is 0 Å². The van der Waals surface area contributed by atoms with E-state index < -0.39 is 5.54 Å². The molecule has 4 unspecified atom stereocenters.